The van der Waals surface area contributed by atoms with Gasteiger partial charge in [-0.05, 0) is 38.1 Å². The SMILES string of the molecule is CNS(=O)(=O)c1cc(C(=O)N2CC[C@]3(CCOC3)C2)ccc1F. The Labute approximate surface area is 134 Å². The Hall–Kier alpha value is -1.51. The number of nitrogens with zero attached hydrogens (tertiary/aromatic N) is 1. The number of nitrogens with one attached hydrogen (secondary N) is 1. The Balaban J connectivity index is 1.85. The summed E-state index contributed by atoms with van der Waals surface area (Å²) in [6.07, 6.45) is 1.81. The van der Waals surface area contributed by atoms with Gasteiger partial charge in [0.1, 0.15) is 10.7 Å². The maximum absolute atomic E-state index is 13.8. The number of likely N-dealkylation sites (tertiary alicyclic amines) is 1. The summed E-state index contributed by atoms with van der Waals surface area (Å²) in [6.45, 7) is 2.56. The molecule has 126 valence electrons. The van der Waals surface area contributed by atoms with Crippen molar-refractivity contribution in [3.05, 3.63) is 29.6 Å². The summed E-state index contributed by atoms with van der Waals surface area (Å²) < 4.78 is 44.9. The van der Waals surface area contributed by atoms with Gasteiger partial charge in [-0.1, -0.05) is 0 Å². The molecule has 0 saturated carbocycles. The molecule has 2 heterocycles. The minimum absolute atomic E-state index is 0.0234. The summed E-state index contributed by atoms with van der Waals surface area (Å²) in [4.78, 5) is 13.8. The lowest BCUT2D eigenvalue weighted by atomic mass is 9.87. The van der Waals surface area contributed by atoms with Crippen LogP contribution in [0.15, 0.2) is 23.1 Å². The molecule has 1 N–H and O–H groups in total. The van der Waals surface area contributed by atoms with E-state index in [1.165, 1.54) is 13.1 Å². The summed E-state index contributed by atoms with van der Waals surface area (Å²) in [5.41, 5.74) is 0.200. The first-order valence-corrected chi connectivity index (χ1v) is 8.95. The molecule has 2 fully saturated rings. The third-order valence-corrected chi connectivity index (χ3v) is 6.08. The van der Waals surface area contributed by atoms with E-state index in [0.717, 1.165) is 25.0 Å². The molecule has 1 atom stereocenters. The van der Waals surface area contributed by atoms with E-state index in [4.69, 9.17) is 4.74 Å². The van der Waals surface area contributed by atoms with Crippen LogP contribution in [0.3, 0.4) is 0 Å². The van der Waals surface area contributed by atoms with Crippen LogP contribution in [-0.4, -0.2) is 52.6 Å². The first-order chi connectivity index (χ1) is 10.9. The van der Waals surface area contributed by atoms with Crippen molar-refractivity contribution in [2.45, 2.75) is 17.7 Å². The fourth-order valence-electron chi connectivity index (χ4n) is 3.21. The average molecular weight is 342 g/mol. The highest BCUT2D eigenvalue weighted by Gasteiger charge is 2.43. The molecular weight excluding hydrogens is 323 g/mol. The van der Waals surface area contributed by atoms with E-state index in [1.54, 1.807) is 4.90 Å². The molecule has 0 radical (unpaired) electrons. The smallest absolute Gasteiger partial charge is 0.253 e. The minimum Gasteiger partial charge on any atom is -0.381 e. The van der Waals surface area contributed by atoms with Crippen LogP contribution in [0.4, 0.5) is 4.39 Å². The van der Waals surface area contributed by atoms with Crippen LogP contribution >= 0.6 is 0 Å². The molecule has 6 nitrogen and oxygen atoms in total. The van der Waals surface area contributed by atoms with Crippen LogP contribution in [0.5, 0.6) is 0 Å². The number of ether oxygens (including phenoxy) is 1. The molecule has 2 aliphatic rings. The van der Waals surface area contributed by atoms with Crippen molar-refractivity contribution >= 4 is 15.9 Å². The van der Waals surface area contributed by atoms with Crippen LogP contribution in [0.25, 0.3) is 0 Å². The number of benzene rings is 1. The van der Waals surface area contributed by atoms with E-state index in [0.29, 0.717) is 26.3 Å². The van der Waals surface area contributed by atoms with Crippen LogP contribution in [0, 0.1) is 11.2 Å². The number of halogens is 1. The summed E-state index contributed by atoms with van der Waals surface area (Å²) >= 11 is 0. The van der Waals surface area contributed by atoms with Gasteiger partial charge in [-0.3, -0.25) is 4.79 Å². The molecular formula is C15H19FN2O4S. The van der Waals surface area contributed by atoms with Crippen LogP contribution in [-0.2, 0) is 14.8 Å². The number of carbonyl (C=O) groups is 1. The predicted octanol–water partition coefficient (Wildman–Crippen LogP) is 0.986. The molecule has 23 heavy (non-hydrogen) atoms. The number of amides is 1. The van der Waals surface area contributed by atoms with Gasteiger partial charge in [-0.25, -0.2) is 17.5 Å². The van der Waals surface area contributed by atoms with Crippen molar-refractivity contribution in [1.82, 2.24) is 9.62 Å². The zero-order valence-electron chi connectivity index (χ0n) is 12.8. The molecule has 1 spiro atoms. The molecule has 0 aromatic heterocycles. The van der Waals surface area contributed by atoms with Crippen molar-refractivity contribution in [1.29, 1.82) is 0 Å². The van der Waals surface area contributed by atoms with Gasteiger partial charge >= 0.3 is 0 Å². The first kappa shape index (κ1) is 16.4. The van der Waals surface area contributed by atoms with Gasteiger partial charge in [0.25, 0.3) is 5.91 Å². The number of hydrogen-bond acceptors (Lipinski definition) is 4. The highest BCUT2D eigenvalue weighted by Crippen LogP contribution is 2.38. The molecule has 1 amide bonds. The monoisotopic (exact) mass is 342 g/mol. The van der Waals surface area contributed by atoms with E-state index in [2.05, 4.69) is 4.72 Å². The second-order valence-corrected chi connectivity index (χ2v) is 7.99. The van der Waals surface area contributed by atoms with Crippen molar-refractivity contribution < 1.29 is 22.3 Å². The summed E-state index contributed by atoms with van der Waals surface area (Å²) in [5, 5.41) is 0. The molecule has 3 rings (SSSR count). The Morgan fingerprint density at radius 3 is 2.83 bits per heavy atom. The first-order valence-electron chi connectivity index (χ1n) is 7.47. The largest absolute Gasteiger partial charge is 0.381 e. The third-order valence-electron chi connectivity index (χ3n) is 4.65. The molecule has 1 aromatic rings. The minimum atomic E-state index is -3.95. The normalized spacial score (nSPS) is 24.5. The molecule has 2 aliphatic heterocycles. The molecule has 1 aromatic carbocycles. The standard InChI is InChI=1S/C15H19FN2O4S/c1-17-23(20,21)13-8-11(2-3-12(13)16)14(19)18-6-4-15(9-18)5-7-22-10-15/h2-3,8,17H,4-7,9-10H2,1H3/t15-/m0/s1. The van der Waals surface area contributed by atoms with Crippen LogP contribution < -0.4 is 4.72 Å². The maximum Gasteiger partial charge on any atom is 0.253 e. The van der Waals surface area contributed by atoms with E-state index < -0.39 is 20.7 Å². The van der Waals surface area contributed by atoms with E-state index in [9.17, 15) is 17.6 Å². The van der Waals surface area contributed by atoms with E-state index in [1.807, 2.05) is 0 Å². The average Bonchev–Trinajstić information content (AvgIpc) is 3.17. The summed E-state index contributed by atoms with van der Waals surface area (Å²) in [6, 6.07) is 3.43. The zero-order chi connectivity index (χ0) is 16.7. The van der Waals surface area contributed by atoms with Gasteiger partial charge in [-0.2, -0.15) is 0 Å². The zero-order valence-corrected chi connectivity index (χ0v) is 13.7. The fourth-order valence-corrected chi connectivity index (χ4v) is 4.04. The number of sulfonamides is 1. The van der Waals surface area contributed by atoms with Crippen LogP contribution in [0.2, 0.25) is 0 Å². The van der Waals surface area contributed by atoms with Gasteiger partial charge in [0.15, 0.2) is 0 Å². The lowest BCUT2D eigenvalue weighted by Crippen LogP contribution is -2.32. The number of hydrogen-bond donors (Lipinski definition) is 1. The van der Waals surface area contributed by atoms with Crippen molar-refractivity contribution in [3.63, 3.8) is 0 Å². The Kier molecular flexibility index (Phi) is 4.16. The van der Waals surface area contributed by atoms with E-state index in [-0.39, 0.29) is 16.9 Å². The van der Waals surface area contributed by atoms with Gasteiger partial charge in [0, 0.05) is 30.7 Å². The topological polar surface area (TPSA) is 75.7 Å². The predicted molar refractivity (Wildman–Crippen MR) is 81.0 cm³/mol. The van der Waals surface area contributed by atoms with Gasteiger partial charge in [0.05, 0.1) is 6.61 Å². The number of rotatable bonds is 3. The molecule has 0 unspecified atom stereocenters. The third kappa shape index (κ3) is 2.98. The summed E-state index contributed by atoms with van der Waals surface area (Å²) in [7, 11) is -2.74. The van der Waals surface area contributed by atoms with Crippen molar-refractivity contribution in [2.75, 3.05) is 33.4 Å². The maximum atomic E-state index is 13.8. The Morgan fingerprint density at radius 1 is 1.39 bits per heavy atom. The van der Waals surface area contributed by atoms with Gasteiger partial charge < -0.3 is 9.64 Å². The van der Waals surface area contributed by atoms with Crippen molar-refractivity contribution in [3.8, 4) is 0 Å². The molecule has 0 aliphatic carbocycles. The molecule has 8 heteroatoms. The second kappa shape index (κ2) is 5.85. The highest BCUT2D eigenvalue weighted by molar-refractivity contribution is 7.89. The second-order valence-electron chi connectivity index (χ2n) is 6.13. The van der Waals surface area contributed by atoms with Crippen LogP contribution in [0.1, 0.15) is 23.2 Å². The fraction of sp³-hybridized carbons (Fsp3) is 0.533. The highest BCUT2D eigenvalue weighted by atomic mass is 32.2. The number of carbonyl (C=O) groups excluding carboxylic acids is 1. The Bertz CT molecular complexity index is 729. The Morgan fingerprint density at radius 2 is 2.17 bits per heavy atom. The van der Waals surface area contributed by atoms with Gasteiger partial charge in [0.2, 0.25) is 10.0 Å². The van der Waals surface area contributed by atoms with E-state index >= 15 is 0 Å². The molecule has 2 saturated heterocycles. The molecule has 0 bridgehead atoms. The van der Waals surface area contributed by atoms with Gasteiger partial charge in [-0.15, -0.1) is 0 Å². The van der Waals surface area contributed by atoms with Crippen molar-refractivity contribution in [2.24, 2.45) is 5.41 Å². The lowest BCUT2D eigenvalue weighted by molar-refractivity contribution is 0.0765. The lowest BCUT2D eigenvalue weighted by Gasteiger charge is -2.22. The summed E-state index contributed by atoms with van der Waals surface area (Å²) in [5.74, 6) is -1.15. The quantitative estimate of drug-likeness (QED) is 0.889.